The Morgan fingerprint density at radius 3 is 2.27 bits per heavy atom. The monoisotopic (exact) mass is 330 g/mol. The summed E-state index contributed by atoms with van der Waals surface area (Å²) in [7, 11) is 0. The van der Waals surface area contributed by atoms with Crippen LogP contribution in [-0.2, 0) is 0 Å². The zero-order valence-corrected chi connectivity index (χ0v) is 14.6. The van der Waals surface area contributed by atoms with Gasteiger partial charge < -0.3 is 4.90 Å². The Bertz CT molecular complexity index is 581. The highest BCUT2D eigenvalue weighted by Crippen LogP contribution is 2.27. The van der Waals surface area contributed by atoms with Crippen LogP contribution in [0.25, 0.3) is 0 Å². The van der Waals surface area contributed by atoms with E-state index in [0.29, 0.717) is 0 Å². The molecule has 0 radical (unpaired) electrons. The SMILES string of the molecule is Cc1ccccc1N1CCN(SCSc2ccccc2)CC1. The van der Waals surface area contributed by atoms with Gasteiger partial charge in [-0.05, 0) is 30.7 Å². The van der Waals surface area contributed by atoms with E-state index in [4.69, 9.17) is 0 Å². The van der Waals surface area contributed by atoms with E-state index in [0.717, 1.165) is 31.3 Å². The molecule has 1 heterocycles. The lowest BCUT2D eigenvalue weighted by atomic mass is 10.1. The maximum absolute atomic E-state index is 2.51. The first-order valence-corrected chi connectivity index (χ1v) is 9.62. The van der Waals surface area contributed by atoms with Gasteiger partial charge in [-0.1, -0.05) is 48.3 Å². The van der Waals surface area contributed by atoms with E-state index in [2.05, 4.69) is 70.7 Å². The summed E-state index contributed by atoms with van der Waals surface area (Å²) in [6, 6.07) is 19.3. The number of anilines is 1. The summed E-state index contributed by atoms with van der Waals surface area (Å²) in [5, 5.41) is 1.09. The van der Waals surface area contributed by atoms with Crippen molar-refractivity contribution in [2.75, 3.05) is 36.2 Å². The molecule has 0 aliphatic carbocycles. The van der Waals surface area contributed by atoms with Crippen LogP contribution < -0.4 is 4.90 Å². The van der Waals surface area contributed by atoms with Crippen molar-refractivity contribution >= 4 is 29.4 Å². The van der Waals surface area contributed by atoms with Crippen LogP contribution >= 0.6 is 23.7 Å². The third-order valence-corrected chi connectivity index (χ3v) is 6.13. The van der Waals surface area contributed by atoms with Crippen molar-refractivity contribution < 1.29 is 0 Å². The third kappa shape index (κ3) is 4.22. The average Bonchev–Trinajstić information content (AvgIpc) is 2.57. The summed E-state index contributed by atoms with van der Waals surface area (Å²) >= 11 is 3.88. The second-order valence-electron chi connectivity index (χ2n) is 5.41. The molecule has 3 rings (SSSR count). The first-order valence-electron chi connectivity index (χ1n) is 7.69. The third-order valence-electron chi connectivity index (χ3n) is 3.90. The van der Waals surface area contributed by atoms with E-state index in [9.17, 15) is 0 Å². The number of benzene rings is 2. The number of rotatable bonds is 5. The van der Waals surface area contributed by atoms with E-state index < -0.39 is 0 Å². The highest BCUT2D eigenvalue weighted by molar-refractivity contribution is 8.15. The maximum atomic E-state index is 2.51. The fourth-order valence-electron chi connectivity index (χ4n) is 2.66. The van der Waals surface area contributed by atoms with Crippen molar-refractivity contribution in [3.8, 4) is 0 Å². The van der Waals surface area contributed by atoms with Crippen LogP contribution in [0.15, 0.2) is 59.5 Å². The van der Waals surface area contributed by atoms with E-state index in [1.807, 2.05) is 23.7 Å². The average molecular weight is 331 g/mol. The molecule has 1 aliphatic rings. The second kappa shape index (κ2) is 7.95. The zero-order valence-electron chi connectivity index (χ0n) is 12.9. The molecule has 1 fully saturated rings. The van der Waals surface area contributed by atoms with Gasteiger partial charge in [-0.2, -0.15) is 0 Å². The van der Waals surface area contributed by atoms with Crippen LogP contribution in [0.2, 0.25) is 0 Å². The molecule has 0 bridgehead atoms. The van der Waals surface area contributed by atoms with Gasteiger partial charge in [0.1, 0.15) is 0 Å². The lowest BCUT2D eigenvalue weighted by molar-refractivity contribution is 0.430. The summed E-state index contributed by atoms with van der Waals surface area (Å²) < 4.78 is 2.50. The van der Waals surface area contributed by atoms with Gasteiger partial charge in [-0.3, -0.25) is 0 Å². The molecule has 2 nitrogen and oxygen atoms in total. The minimum atomic E-state index is 1.09. The van der Waals surface area contributed by atoms with Gasteiger partial charge in [0, 0.05) is 36.8 Å². The molecule has 2 aromatic rings. The van der Waals surface area contributed by atoms with Crippen molar-refractivity contribution in [3.63, 3.8) is 0 Å². The number of para-hydroxylation sites is 1. The highest BCUT2D eigenvalue weighted by Gasteiger charge is 2.18. The molecular formula is C18H22N2S2. The molecule has 22 heavy (non-hydrogen) atoms. The predicted octanol–water partition coefficient (Wildman–Crippen LogP) is 4.52. The first kappa shape index (κ1) is 15.8. The molecule has 1 aliphatic heterocycles. The number of thioether (sulfide) groups is 1. The van der Waals surface area contributed by atoms with Gasteiger partial charge in [0.15, 0.2) is 0 Å². The lowest BCUT2D eigenvalue weighted by Gasteiger charge is -2.36. The Hall–Kier alpha value is -1.10. The van der Waals surface area contributed by atoms with Crippen molar-refractivity contribution in [1.82, 2.24) is 4.31 Å². The van der Waals surface area contributed by atoms with Gasteiger partial charge in [-0.25, -0.2) is 4.31 Å². The summed E-state index contributed by atoms with van der Waals surface area (Å²) in [6.07, 6.45) is 0. The van der Waals surface area contributed by atoms with Crippen LogP contribution in [0.4, 0.5) is 5.69 Å². The lowest BCUT2D eigenvalue weighted by Crippen LogP contribution is -2.43. The molecule has 116 valence electrons. The Morgan fingerprint density at radius 2 is 1.55 bits per heavy atom. The predicted molar refractivity (Wildman–Crippen MR) is 99.7 cm³/mol. The van der Waals surface area contributed by atoms with E-state index in [1.54, 1.807) is 0 Å². The molecule has 4 heteroatoms. The van der Waals surface area contributed by atoms with E-state index >= 15 is 0 Å². The summed E-state index contributed by atoms with van der Waals surface area (Å²) in [4.78, 5) is 3.87. The quantitative estimate of drug-likeness (QED) is 0.452. The standard InChI is InChI=1S/C18H22N2S2/c1-16-7-5-6-10-18(16)19-11-13-20(14-12-19)22-15-21-17-8-3-2-4-9-17/h2-10H,11-15H2,1H3. The molecule has 0 N–H and O–H groups in total. The topological polar surface area (TPSA) is 6.48 Å². The second-order valence-corrected chi connectivity index (χ2v) is 7.88. The number of hydrogen-bond acceptors (Lipinski definition) is 4. The Morgan fingerprint density at radius 1 is 0.864 bits per heavy atom. The molecule has 1 saturated heterocycles. The maximum Gasteiger partial charge on any atom is 0.0587 e. The number of aryl methyl sites for hydroxylation is 1. The number of nitrogens with zero attached hydrogens (tertiary/aromatic N) is 2. The molecule has 0 amide bonds. The number of piperazine rings is 1. The summed E-state index contributed by atoms with van der Waals surface area (Å²) in [6.45, 7) is 6.71. The van der Waals surface area contributed by atoms with Gasteiger partial charge in [0.2, 0.25) is 0 Å². The fourth-order valence-corrected chi connectivity index (χ4v) is 4.78. The van der Waals surface area contributed by atoms with Crippen molar-refractivity contribution in [2.45, 2.75) is 11.8 Å². The summed E-state index contributed by atoms with van der Waals surface area (Å²) in [5.41, 5.74) is 2.77. The van der Waals surface area contributed by atoms with Crippen LogP contribution in [0.3, 0.4) is 0 Å². The molecular weight excluding hydrogens is 308 g/mol. The molecule has 0 unspecified atom stereocenters. The molecule has 0 aromatic heterocycles. The Balaban J connectivity index is 1.43. The summed E-state index contributed by atoms with van der Waals surface area (Å²) in [5.74, 6) is 0. The van der Waals surface area contributed by atoms with Gasteiger partial charge in [0.25, 0.3) is 0 Å². The van der Waals surface area contributed by atoms with Crippen LogP contribution in [0.5, 0.6) is 0 Å². The fraction of sp³-hybridized carbons (Fsp3) is 0.333. The minimum absolute atomic E-state index is 1.09. The normalized spacial score (nSPS) is 16.0. The zero-order chi connectivity index (χ0) is 15.2. The van der Waals surface area contributed by atoms with Crippen molar-refractivity contribution in [1.29, 1.82) is 0 Å². The minimum Gasteiger partial charge on any atom is -0.369 e. The van der Waals surface area contributed by atoms with Crippen molar-refractivity contribution in [2.24, 2.45) is 0 Å². The van der Waals surface area contributed by atoms with Gasteiger partial charge in [-0.15, -0.1) is 11.8 Å². The molecule has 2 aromatic carbocycles. The smallest absolute Gasteiger partial charge is 0.0587 e. The first-order chi connectivity index (χ1) is 10.8. The van der Waals surface area contributed by atoms with Crippen LogP contribution in [0, 0.1) is 6.92 Å². The largest absolute Gasteiger partial charge is 0.369 e. The van der Waals surface area contributed by atoms with Crippen LogP contribution in [0.1, 0.15) is 5.56 Å². The highest BCUT2D eigenvalue weighted by atomic mass is 32.2. The Kier molecular flexibility index (Phi) is 5.70. The van der Waals surface area contributed by atoms with E-state index in [-0.39, 0.29) is 0 Å². The molecule has 0 atom stereocenters. The van der Waals surface area contributed by atoms with E-state index in [1.165, 1.54) is 16.1 Å². The van der Waals surface area contributed by atoms with Crippen molar-refractivity contribution in [3.05, 3.63) is 60.2 Å². The number of hydrogen-bond donors (Lipinski definition) is 0. The van der Waals surface area contributed by atoms with Gasteiger partial charge in [0.05, 0.1) is 5.08 Å². The molecule has 0 spiro atoms. The Labute approximate surface area is 142 Å². The molecule has 0 saturated carbocycles. The van der Waals surface area contributed by atoms with Crippen LogP contribution in [-0.4, -0.2) is 35.6 Å². The van der Waals surface area contributed by atoms with Gasteiger partial charge >= 0.3 is 0 Å².